The molecule has 5 nitrogen and oxygen atoms in total. The molecule has 0 saturated carbocycles. The van der Waals surface area contributed by atoms with Crippen LogP contribution in [0.2, 0.25) is 0 Å². The van der Waals surface area contributed by atoms with E-state index in [0.29, 0.717) is 17.1 Å². The highest BCUT2D eigenvalue weighted by Crippen LogP contribution is 2.38. The smallest absolute Gasteiger partial charge is 0.231 e. The van der Waals surface area contributed by atoms with Crippen LogP contribution in [0.1, 0.15) is 30.2 Å². The third-order valence-electron chi connectivity index (χ3n) is 3.11. The molecule has 2 heterocycles. The van der Waals surface area contributed by atoms with Crippen LogP contribution in [0.15, 0.2) is 24.5 Å². The standard InChI is InChI=1S/C14H14N2O3/c1-9(2)16-6-11(5-15-16)12-4-14-13(18-8-19-14)3-10(12)7-17/h3-7,9H,8H2,1-2H3. The van der Waals surface area contributed by atoms with Crippen LogP contribution < -0.4 is 9.47 Å². The fraction of sp³-hybridized carbons (Fsp3) is 0.286. The molecule has 0 N–H and O–H groups in total. The number of rotatable bonds is 3. The van der Waals surface area contributed by atoms with E-state index in [2.05, 4.69) is 18.9 Å². The van der Waals surface area contributed by atoms with Crippen molar-refractivity contribution in [1.29, 1.82) is 0 Å². The summed E-state index contributed by atoms with van der Waals surface area (Å²) in [5.74, 6) is 1.28. The summed E-state index contributed by atoms with van der Waals surface area (Å²) in [6.07, 6.45) is 4.50. The van der Waals surface area contributed by atoms with Crippen molar-refractivity contribution in [1.82, 2.24) is 9.78 Å². The Bertz CT molecular complexity index is 632. The first kappa shape index (κ1) is 11.8. The number of aldehydes is 1. The van der Waals surface area contributed by atoms with Gasteiger partial charge in [0.25, 0.3) is 0 Å². The lowest BCUT2D eigenvalue weighted by Crippen LogP contribution is -1.99. The van der Waals surface area contributed by atoms with Crippen molar-refractivity contribution in [2.45, 2.75) is 19.9 Å². The maximum Gasteiger partial charge on any atom is 0.231 e. The van der Waals surface area contributed by atoms with Gasteiger partial charge in [-0.15, -0.1) is 0 Å². The zero-order valence-electron chi connectivity index (χ0n) is 10.8. The Kier molecular flexibility index (Phi) is 2.74. The second kappa shape index (κ2) is 4.42. The molecular weight excluding hydrogens is 244 g/mol. The number of nitrogens with zero attached hydrogens (tertiary/aromatic N) is 2. The molecule has 0 spiro atoms. The molecule has 5 heteroatoms. The monoisotopic (exact) mass is 258 g/mol. The van der Waals surface area contributed by atoms with Crippen molar-refractivity contribution < 1.29 is 14.3 Å². The van der Waals surface area contributed by atoms with Crippen LogP contribution in [-0.2, 0) is 0 Å². The first-order valence-electron chi connectivity index (χ1n) is 6.12. The van der Waals surface area contributed by atoms with Gasteiger partial charge in [-0.1, -0.05) is 0 Å². The zero-order valence-corrected chi connectivity index (χ0v) is 10.8. The minimum atomic E-state index is 0.197. The second-order valence-corrected chi connectivity index (χ2v) is 4.71. The normalized spacial score (nSPS) is 13.0. The van der Waals surface area contributed by atoms with E-state index in [-0.39, 0.29) is 12.8 Å². The first-order valence-corrected chi connectivity index (χ1v) is 6.12. The van der Waals surface area contributed by atoms with Crippen LogP contribution in [0, 0.1) is 0 Å². The van der Waals surface area contributed by atoms with Gasteiger partial charge in [0, 0.05) is 23.4 Å². The molecule has 1 aliphatic heterocycles. The SMILES string of the molecule is CC(C)n1cc(-c2cc3c(cc2C=O)OCO3)cn1. The number of carbonyl (C=O) groups is 1. The summed E-state index contributed by atoms with van der Waals surface area (Å²) in [6, 6.07) is 3.81. The number of hydrogen-bond donors (Lipinski definition) is 0. The Hall–Kier alpha value is -2.30. The van der Waals surface area contributed by atoms with Gasteiger partial charge >= 0.3 is 0 Å². The minimum Gasteiger partial charge on any atom is -0.454 e. The quantitative estimate of drug-likeness (QED) is 0.794. The number of carbonyl (C=O) groups excluding carboxylic acids is 1. The highest BCUT2D eigenvalue weighted by molar-refractivity contribution is 5.89. The van der Waals surface area contributed by atoms with Gasteiger partial charge in [-0.3, -0.25) is 9.48 Å². The largest absolute Gasteiger partial charge is 0.454 e. The Labute approximate surface area is 110 Å². The first-order chi connectivity index (χ1) is 9.19. The predicted molar refractivity (Wildman–Crippen MR) is 69.6 cm³/mol. The van der Waals surface area contributed by atoms with Gasteiger partial charge in [-0.2, -0.15) is 5.10 Å². The van der Waals surface area contributed by atoms with E-state index in [9.17, 15) is 4.79 Å². The molecular formula is C14H14N2O3. The molecule has 0 saturated heterocycles. The molecule has 98 valence electrons. The average molecular weight is 258 g/mol. The van der Waals surface area contributed by atoms with Crippen LogP contribution >= 0.6 is 0 Å². The second-order valence-electron chi connectivity index (χ2n) is 4.71. The lowest BCUT2D eigenvalue weighted by Gasteiger charge is -2.05. The fourth-order valence-electron chi connectivity index (χ4n) is 2.06. The highest BCUT2D eigenvalue weighted by Gasteiger charge is 2.18. The molecule has 1 aromatic heterocycles. The van der Waals surface area contributed by atoms with Gasteiger partial charge in [-0.25, -0.2) is 0 Å². The summed E-state index contributed by atoms with van der Waals surface area (Å²) < 4.78 is 12.5. The van der Waals surface area contributed by atoms with Gasteiger partial charge in [0.05, 0.1) is 6.20 Å². The van der Waals surface area contributed by atoms with Crippen molar-refractivity contribution in [3.8, 4) is 22.6 Å². The minimum absolute atomic E-state index is 0.197. The zero-order chi connectivity index (χ0) is 13.4. The van der Waals surface area contributed by atoms with E-state index in [1.54, 1.807) is 12.3 Å². The van der Waals surface area contributed by atoms with Crippen LogP contribution in [0.5, 0.6) is 11.5 Å². The summed E-state index contributed by atoms with van der Waals surface area (Å²) in [7, 11) is 0. The maximum atomic E-state index is 11.2. The van der Waals surface area contributed by atoms with Crippen LogP contribution in [0.25, 0.3) is 11.1 Å². The van der Waals surface area contributed by atoms with E-state index in [1.807, 2.05) is 16.9 Å². The van der Waals surface area contributed by atoms with E-state index in [1.165, 1.54) is 0 Å². The molecule has 3 rings (SSSR count). The van der Waals surface area contributed by atoms with Crippen LogP contribution in [-0.4, -0.2) is 22.9 Å². The Morgan fingerprint density at radius 1 is 1.32 bits per heavy atom. The topological polar surface area (TPSA) is 53.4 Å². The molecule has 0 fully saturated rings. The number of hydrogen-bond acceptors (Lipinski definition) is 4. The average Bonchev–Trinajstić information content (AvgIpc) is 3.05. The highest BCUT2D eigenvalue weighted by atomic mass is 16.7. The van der Waals surface area contributed by atoms with Crippen molar-refractivity contribution in [3.63, 3.8) is 0 Å². The molecule has 0 atom stereocenters. The molecule has 19 heavy (non-hydrogen) atoms. The van der Waals surface area contributed by atoms with Crippen LogP contribution in [0.3, 0.4) is 0 Å². The van der Waals surface area contributed by atoms with E-state index >= 15 is 0 Å². The number of benzene rings is 1. The lowest BCUT2D eigenvalue weighted by molar-refractivity contribution is 0.112. The third-order valence-corrected chi connectivity index (χ3v) is 3.11. The molecule has 1 aliphatic rings. The van der Waals surface area contributed by atoms with Gasteiger partial charge in [0.1, 0.15) is 0 Å². The number of fused-ring (bicyclic) bond motifs is 1. The van der Waals surface area contributed by atoms with Gasteiger partial charge in [0.2, 0.25) is 6.79 Å². The molecule has 1 aromatic carbocycles. The Balaban J connectivity index is 2.10. The molecule has 2 aromatic rings. The summed E-state index contributed by atoms with van der Waals surface area (Å²) in [5.41, 5.74) is 2.29. The summed E-state index contributed by atoms with van der Waals surface area (Å²) in [5, 5.41) is 4.29. The van der Waals surface area contributed by atoms with Crippen molar-refractivity contribution in [2.24, 2.45) is 0 Å². The Morgan fingerprint density at radius 3 is 2.68 bits per heavy atom. The summed E-state index contributed by atoms with van der Waals surface area (Å²) in [4.78, 5) is 11.2. The molecule has 0 bridgehead atoms. The van der Waals surface area contributed by atoms with Gasteiger partial charge < -0.3 is 9.47 Å². The van der Waals surface area contributed by atoms with Gasteiger partial charge in [0.15, 0.2) is 17.8 Å². The molecule has 0 aliphatic carbocycles. The summed E-state index contributed by atoms with van der Waals surface area (Å²) in [6.45, 7) is 4.30. The number of aromatic nitrogens is 2. The van der Waals surface area contributed by atoms with Gasteiger partial charge in [-0.05, 0) is 31.5 Å². The maximum absolute atomic E-state index is 11.2. The Morgan fingerprint density at radius 2 is 2.05 bits per heavy atom. The third kappa shape index (κ3) is 1.97. The molecule has 0 unspecified atom stereocenters. The lowest BCUT2D eigenvalue weighted by atomic mass is 10.0. The van der Waals surface area contributed by atoms with Crippen molar-refractivity contribution >= 4 is 6.29 Å². The van der Waals surface area contributed by atoms with E-state index < -0.39 is 0 Å². The van der Waals surface area contributed by atoms with E-state index in [0.717, 1.165) is 17.4 Å². The predicted octanol–water partition coefficient (Wildman–Crippen LogP) is 2.67. The van der Waals surface area contributed by atoms with Crippen molar-refractivity contribution in [3.05, 3.63) is 30.1 Å². The van der Waals surface area contributed by atoms with E-state index in [4.69, 9.17) is 9.47 Å². The summed E-state index contributed by atoms with van der Waals surface area (Å²) >= 11 is 0. The van der Waals surface area contributed by atoms with Crippen molar-refractivity contribution in [2.75, 3.05) is 6.79 Å². The fourth-order valence-corrected chi connectivity index (χ4v) is 2.06. The molecule has 0 amide bonds. The van der Waals surface area contributed by atoms with Crippen LogP contribution in [0.4, 0.5) is 0 Å². The number of ether oxygens (including phenoxy) is 2. The molecule has 0 radical (unpaired) electrons.